The Kier molecular flexibility index (Phi) is 4.46. The van der Waals surface area contributed by atoms with Crippen LogP contribution in [-0.2, 0) is 13.6 Å². The van der Waals surface area contributed by atoms with Gasteiger partial charge in [-0.15, -0.1) is 0 Å². The number of benzene rings is 1. The van der Waals surface area contributed by atoms with E-state index in [1.165, 1.54) is 22.8 Å². The van der Waals surface area contributed by atoms with Gasteiger partial charge in [0.25, 0.3) is 0 Å². The molecule has 0 atom stereocenters. The zero-order valence-electron chi connectivity index (χ0n) is 13.6. The van der Waals surface area contributed by atoms with E-state index in [-0.39, 0.29) is 11.4 Å². The van der Waals surface area contributed by atoms with Gasteiger partial charge in [-0.05, 0) is 42.3 Å². The standard InChI is InChI=1S/C18H18FN3O2/c1-13-5-6-22(20-13)7-8-24-17-10-15(9-16(19)11-17)14-3-4-18(23)21(2)12-14/h3-6,9-12H,7-8H2,1-2H3. The van der Waals surface area contributed by atoms with Crippen molar-refractivity contribution in [1.29, 1.82) is 0 Å². The van der Waals surface area contributed by atoms with Crippen molar-refractivity contribution in [2.75, 3.05) is 6.61 Å². The normalized spacial score (nSPS) is 10.8. The second-order valence-electron chi connectivity index (χ2n) is 5.61. The van der Waals surface area contributed by atoms with Crippen molar-refractivity contribution < 1.29 is 9.13 Å². The first kappa shape index (κ1) is 16.0. The molecule has 24 heavy (non-hydrogen) atoms. The number of hydrogen-bond donors (Lipinski definition) is 0. The van der Waals surface area contributed by atoms with E-state index >= 15 is 0 Å². The highest BCUT2D eigenvalue weighted by Gasteiger charge is 2.06. The Labute approximate surface area is 138 Å². The molecule has 3 aromatic rings. The molecule has 0 N–H and O–H groups in total. The minimum atomic E-state index is -0.383. The summed E-state index contributed by atoms with van der Waals surface area (Å²) >= 11 is 0. The molecular weight excluding hydrogens is 309 g/mol. The molecule has 0 amide bonds. The third-order valence-electron chi connectivity index (χ3n) is 3.65. The Bertz CT molecular complexity index is 915. The zero-order chi connectivity index (χ0) is 17.1. The Hall–Kier alpha value is -2.89. The third-order valence-corrected chi connectivity index (χ3v) is 3.65. The molecule has 0 bridgehead atoms. The lowest BCUT2D eigenvalue weighted by molar-refractivity contribution is 0.290. The fourth-order valence-electron chi connectivity index (χ4n) is 2.42. The average molecular weight is 327 g/mol. The minimum Gasteiger partial charge on any atom is -0.492 e. The van der Waals surface area contributed by atoms with Crippen molar-refractivity contribution in [2.45, 2.75) is 13.5 Å². The van der Waals surface area contributed by atoms with Gasteiger partial charge >= 0.3 is 0 Å². The van der Waals surface area contributed by atoms with Crippen molar-refractivity contribution >= 4 is 0 Å². The molecular formula is C18H18FN3O2. The Morgan fingerprint density at radius 2 is 2.00 bits per heavy atom. The number of pyridine rings is 1. The quantitative estimate of drug-likeness (QED) is 0.724. The molecule has 2 aromatic heterocycles. The summed E-state index contributed by atoms with van der Waals surface area (Å²) in [5.41, 5.74) is 2.25. The van der Waals surface area contributed by atoms with E-state index in [1.807, 2.05) is 19.2 Å². The summed E-state index contributed by atoms with van der Waals surface area (Å²) in [6, 6.07) is 9.58. The van der Waals surface area contributed by atoms with Gasteiger partial charge in [-0.3, -0.25) is 9.48 Å². The van der Waals surface area contributed by atoms with Crippen LogP contribution in [0.2, 0.25) is 0 Å². The van der Waals surface area contributed by atoms with Crippen LogP contribution in [0.5, 0.6) is 5.75 Å². The fraction of sp³-hybridized carbons (Fsp3) is 0.222. The number of halogens is 1. The molecule has 0 aliphatic rings. The van der Waals surface area contributed by atoms with Crippen LogP contribution in [0.1, 0.15) is 5.69 Å². The molecule has 124 valence electrons. The van der Waals surface area contributed by atoms with E-state index in [1.54, 1.807) is 30.1 Å². The first-order valence-corrected chi connectivity index (χ1v) is 7.62. The largest absolute Gasteiger partial charge is 0.492 e. The second kappa shape index (κ2) is 6.70. The molecule has 6 heteroatoms. The highest BCUT2D eigenvalue weighted by atomic mass is 19.1. The lowest BCUT2D eigenvalue weighted by atomic mass is 10.1. The van der Waals surface area contributed by atoms with Crippen LogP contribution < -0.4 is 10.3 Å². The molecule has 0 fully saturated rings. The molecule has 0 radical (unpaired) electrons. The van der Waals surface area contributed by atoms with Gasteiger partial charge in [-0.1, -0.05) is 0 Å². The van der Waals surface area contributed by atoms with Gasteiger partial charge in [-0.2, -0.15) is 5.10 Å². The van der Waals surface area contributed by atoms with E-state index in [9.17, 15) is 9.18 Å². The molecule has 0 saturated heterocycles. The second-order valence-corrected chi connectivity index (χ2v) is 5.61. The van der Waals surface area contributed by atoms with E-state index in [2.05, 4.69) is 5.10 Å². The highest BCUT2D eigenvalue weighted by molar-refractivity contribution is 5.64. The summed E-state index contributed by atoms with van der Waals surface area (Å²) in [5.74, 6) is 0.0639. The maximum absolute atomic E-state index is 13.9. The number of aryl methyl sites for hydroxylation is 2. The molecule has 3 rings (SSSR count). The number of ether oxygens (including phenoxy) is 1. The van der Waals surface area contributed by atoms with Crippen LogP contribution in [0.15, 0.2) is 53.6 Å². The summed E-state index contributed by atoms with van der Waals surface area (Å²) in [4.78, 5) is 11.5. The minimum absolute atomic E-state index is 0.110. The number of nitrogens with zero attached hydrogens (tertiary/aromatic N) is 3. The average Bonchev–Trinajstić information content (AvgIpc) is 2.95. The van der Waals surface area contributed by atoms with Crippen LogP contribution in [0.3, 0.4) is 0 Å². The van der Waals surface area contributed by atoms with Gasteiger partial charge < -0.3 is 9.30 Å². The molecule has 0 aliphatic carbocycles. The van der Waals surface area contributed by atoms with Gasteiger partial charge in [0.05, 0.1) is 12.2 Å². The van der Waals surface area contributed by atoms with E-state index in [0.717, 1.165) is 11.3 Å². The van der Waals surface area contributed by atoms with E-state index in [0.29, 0.717) is 24.5 Å². The maximum atomic E-state index is 13.9. The maximum Gasteiger partial charge on any atom is 0.250 e. The van der Waals surface area contributed by atoms with Crippen LogP contribution in [-0.4, -0.2) is 21.0 Å². The Balaban J connectivity index is 1.75. The highest BCUT2D eigenvalue weighted by Crippen LogP contribution is 2.25. The molecule has 0 aliphatic heterocycles. The number of aromatic nitrogens is 3. The third kappa shape index (κ3) is 3.71. The van der Waals surface area contributed by atoms with Gasteiger partial charge in [0.15, 0.2) is 0 Å². The predicted molar refractivity (Wildman–Crippen MR) is 89.5 cm³/mol. The zero-order valence-corrected chi connectivity index (χ0v) is 13.6. The topological polar surface area (TPSA) is 49.0 Å². The molecule has 0 spiro atoms. The van der Waals surface area contributed by atoms with Crippen LogP contribution in [0, 0.1) is 12.7 Å². The first-order chi connectivity index (χ1) is 11.5. The van der Waals surface area contributed by atoms with Gasteiger partial charge in [-0.25, -0.2) is 4.39 Å². The predicted octanol–water partition coefficient (Wildman–Crippen LogP) is 2.78. The van der Waals surface area contributed by atoms with Crippen LogP contribution in [0.4, 0.5) is 4.39 Å². The van der Waals surface area contributed by atoms with Crippen molar-refractivity contribution in [1.82, 2.24) is 14.3 Å². The first-order valence-electron chi connectivity index (χ1n) is 7.62. The lowest BCUT2D eigenvalue weighted by Crippen LogP contribution is -2.14. The van der Waals surface area contributed by atoms with Crippen molar-refractivity contribution in [3.05, 3.63) is 70.7 Å². The molecule has 5 nitrogen and oxygen atoms in total. The van der Waals surface area contributed by atoms with E-state index in [4.69, 9.17) is 4.74 Å². The lowest BCUT2D eigenvalue weighted by Gasteiger charge is -2.10. The summed E-state index contributed by atoms with van der Waals surface area (Å²) < 4.78 is 22.8. The van der Waals surface area contributed by atoms with Crippen molar-refractivity contribution in [3.63, 3.8) is 0 Å². The number of rotatable bonds is 5. The Morgan fingerprint density at radius 3 is 2.71 bits per heavy atom. The molecule has 0 unspecified atom stereocenters. The smallest absolute Gasteiger partial charge is 0.250 e. The van der Waals surface area contributed by atoms with E-state index < -0.39 is 0 Å². The Morgan fingerprint density at radius 1 is 1.17 bits per heavy atom. The van der Waals surface area contributed by atoms with Crippen molar-refractivity contribution in [2.24, 2.45) is 7.05 Å². The molecule has 1 aromatic carbocycles. The summed E-state index contributed by atoms with van der Waals surface area (Å²) in [6.45, 7) is 2.89. The SMILES string of the molecule is Cc1ccn(CCOc2cc(F)cc(-c3ccc(=O)n(C)c3)c2)n1. The monoisotopic (exact) mass is 327 g/mol. The summed E-state index contributed by atoms with van der Waals surface area (Å²) in [5, 5.41) is 4.27. The van der Waals surface area contributed by atoms with Gasteiger partial charge in [0.2, 0.25) is 5.56 Å². The van der Waals surface area contributed by atoms with Gasteiger partial charge in [0.1, 0.15) is 18.2 Å². The van der Waals surface area contributed by atoms with Crippen LogP contribution in [0.25, 0.3) is 11.1 Å². The molecule has 0 saturated carbocycles. The number of hydrogen-bond acceptors (Lipinski definition) is 3. The van der Waals surface area contributed by atoms with Crippen LogP contribution >= 0.6 is 0 Å². The van der Waals surface area contributed by atoms with Crippen molar-refractivity contribution in [3.8, 4) is 16.9 Å². The summed E-state index contributed by atoms with van der Waals surface area (Å²) in [6.07, 6.45) is 3.55. The fourth-order valence-corrected chi connectivity index (χ4v) is 2.42. The molecule has 2 heterocycles. The summed E-state index contributed by atoms with van der Waals surface area (Å²) in [7, 11) is 1.66. The van der Waals surface area contributed by atoms with Gasteiger partial charge in [0, 0.05) is 31.6 Å².